The first-order valence-electron chi connectivity index (χ1n) is 5.70. The van der Waals surface area contributed by atoms with Gasteiger partial charge in [-0.2, -0.15) is 0 Å². The van der Waals surface area contributed by atoms with Gasteiger partial charge in [-0.05, 0) is 47.9 Å². The summed E-state index contributed by atoms with van der Waals surface area (Å²) >= 11 is 6.92. The molecule has 2 aromatic rings. The molecule has 0 radical (unpaired) electrons. The second-order valence-corrected chi connectivity index (χ2v) is 6.04. The molecule has 0 saturated heterocycles. The van der Waals surface area contributed by atoms with Crippen LogP contribution in [0.3, 0.4) is 0 Å². The lowest BCUT2D eigenvalue weighted by Crippen LogP contribution is -2.29. The summed E-state index contributed by atoms with van der Waals surface area (Å²) in [6.07, 6.45) is 0. The van der Waals surface area contributed by atoms with Gasteiger partial charge in [0.05, 0.1) is 6.04 Å². The Labute approximate surface area is 128 Å². The predicted octanol–water partition coefficient (Wildman–Crippen LogP) is 4.21. The normalized spacial score (nSPS) is 12.5. The highest BCUT2D eigenvalue weighted by Crippen LogP contribution is 2.31. The molecule has 0 aliphatic carbocycles. The van der Waals surface area contributed by atoms with Crippen LogP contribution in [-0.4, -0.2) is 0 Å². The zero-order chi connectivity index (χ0) is 14.0. The van der Waals surface area contributed by atoms with E-state index in [1.807, 2.05) is 24.3 Å². The van der Waals surface area contributed by atoms with Crippen molar-refractivity contribution in [3.63, 3.8) is 0 Å². The Morgan fingerprint density at radius 2 is 1.89 bits per heavy atom. The third-order valence-corrected chi connectivity index (χ3v) is 4.18. The summed E-state index contributed by atoms with van der Waals surface area (Å²) in [5, 5.41) is 0. The van der Waals surface area contributed by atoms with E-state index in [4.69, 9.17) is 5.84 Å². The zero-order valence-corrected chi connectivity index (χ0v) is 13.4. The summed E-state index contributed by atoms with van der Waals surface area (Å²) < 4.78 is 15.5. The zero-order valence-electron chi connectivity index (χ0n) is 10.3. The second-order valence-electron chi connectivity index (χ2n) is 4.27. The molecule has 0 spiro atoms. The van der Waals surface area contributed by atoms with Crippen molar-refractivity contribution >= 4 is 31.9 Å². The lowest BCUT2D eigenvalue weighted by molar-refractivity contribution is 0.598. The van der Waals surface area contributed by atoms with E-state index in [0.717, 1.165) is 20.1 Å². The van der Waals surface area contributed by atoms with Gasteiger partial charge in [-0.25, -0.2) is 9.82 Å². The van der Waals surface area contributed by atoms with E-state index in [1.54, 1.807) is 13.0 Å². The molecule has 3 N–H and O–H groups in total. The van der Waals surface area contributed by atoms with E-state index in [9.17, 15) is 4.39 Å². The van der Waals surface area contributed by atoms with E-state index in [1.165, 1.54) is 6.07 Å². The van der Waals surface area contributed by atoms with Gasteiger partial charge in [0, 0.05) is 8.95 Å². The fraction of sp³-hybridized carbons (Fsp3) is 0.143. The summed E-state index contributed by atoms with van der Waals surface area (Å²) in [7, 11) is 0. The second kappa shape index (κ2) is 6.13. The molecule has 100 valence electrons. The summed E-state index contributed by atoms with van der Waals surface area (Å²) in [4.78, 5) is 0. The van der Waals surface area contributed by atoms with Crippen LogP contribution >= 0.6 is 31.9 Å². The first kappa shape index (κ1) is 14.7. The molecular formula is C14H13Br2FN2. The first-order chi connectivity index (χ1) is 9.02. The molecule has 0 fully saturated rings. The number of aryl methyl sites for hydroxylation is 1. The summed E-state index contributed by atoms with van der Waals surface area (Å²) in [6.45, 7) is 1.74. The Bertz CT molecular complexity index is 602. The van der Waals surface area contributed by atoms with Crippen molar-refractivity contribution in [2.24, 2.45) is 5.84 Å². The third-order valence-electron chi connectivity index (χ3n) is 2.96. The van der Waals surface area contributed by atoms with E-state index >= 15 is 0 Å². The van der Waals surface area contributed by atoms with Gasteiger partial charge in [0.1, 0.15) is 5.82 Å². The van der Waals surface area contributed by atoms with Crippen LogP contribution in [0.5, 0.6) is 0 Å². The van der Waals surface area contributed by atoms with Crippen LogP contribution in [0.1, 0.15) is 22.7 Å². The van der Waals surface area contributed by atoms with E-state index in [-0.39, 0.29) is 11.9 Å². The number of hydrazine groups is 1. The molecule has 2 rings (SSSR count). The molecule has 19 heavy (non-hydrogen) atoms. The number of benzene rings is 2. The van der Waals surface area contributed by atoms with Crippen molar-refractivity contribution < 1.29 is 4.39 Å². The van der Waals surface area contributed by atoms with Crippen LogP contribution in [0.2, 0.25) is 0 Å². The largest absolute Gasteiger partial charge is 0.271 e. The number of rotatable bonds is 3. The number of halogens is 3. The minimum absolute atomic E-state index is 0.233. The van der Waals surface area contributed by atoms with Gasteiger partial charge in [0.2, 0.25) is 0 Å². The van der Waals surface area contributed by atoms with Gasteiger partial charge in [-0.3, -0.25) is 5.84 Å². The highest BCUT2D eigenvalue weighted by molar-refractivity contribution is 9.11. The smallest absolute Gasteiger partial charge is 0.126 e. The predicted molar refractivity (Wildman–Crippen MR) is 82.1 cm³/mol. The average molecular weight is 388 g/mol. The quantitative estimate of drug-likeness (QED) is 0.611. The fourth-order valence-corrected chi connectivity index (χ4v) is 2.74. The third kappa shape index (κ3) is 3.23. The van der Waals surface area contributed by atoms with Crippen LogP contribution in [0, 0.1) is 12.7 Å². The van der Waals surface area contributed by atoms with Crippen molar-refractivity contribution in [3.05, 3.63) is 67.9 Å². The Morgan fingerprint density at radius 1 is 1.16 bits per heavy atom. The molecule has 2 aromatic carbocycles. The van der Waals surface area contributed by atoms with Crippen LogP contribution in [0.4, 0.5) is 4.39 Å². The number of nitrogens with two attached hydrogens (primary N) is 1. The fourth-order valence-electron chi connectivity index (χ4n) is 1.89. The highest BCUT2D eigenvalue weighted by atomic mass is 79.9. The lowest BCUT2D eigenvalue weighted by atomic mass is 9.98. The van der Waals surface area contributed by atoms with Crippen molar-refractivity contribution in [3.8, 4) is 0 Å². The van der Waals surface area contributed by atoms with Crippen LogP contribution in [0.15, 0.2) is 45.3 Å². The average Bonchev–Trinajstić information content (AvgIpc) is 2.38. The maximum Gasteiger partial charge on any atom is 0.126 e. The van der Waals surface area contributed by atoms with E-state index in [0.29, 0.717) is 5.56 Å². The Kier molecular flexibility index (Phi) is 4.73. The molecule has 0 amide bonds. The SMILES string of the molecule is Cc1ccc(C(NN)c2cc(Br)ccc2Br)cc1F. The molecule has 1 unspecified atom stereocenters. The van der Waals surface area contributed by atoms with Crippen LogP contribution in [-0.2, 0) is 0 Å². The minimum atomic E-state index is -0.276. The molecule has 0 aliphatic rings. The lowest BCUT2D eigenvalue weighted by Gasteiger charge is -2.19. The van der Waals surface area contributed by atoms with Gasteiger partial charge < -0.3 is 0 Å². The van der Waals surface area contributed by atoms with Gasteiger partial charge >= 0.3 is 0 Å². The van der Waals surface area contributed by atoms with Crippen molar-refractivity contribution in [1.82, 2.24) is 5.43 Å². The molecule has 2 nitrogen and oxygen atoms in total. The number of hydrogen-bond donors (Lipinski definition) is 2. The van der Waals surface area contributed by atoms with Gasteiger partial charge in [-0.1, -0.05) is 44.0 Å². The van der Waals surface area contributed by atoms with E-state index < -0.39 is 0 Å². The monoisotopic (exact) mass is 386 g/mol. The Morgan fingerprint density at radius 3 is 2.53 bits per heavy atom. The van der Waals surface area contributed by atoms with Crippen LogP contribution in [0.25, 0.3) is 0 Å². The number of hydrogen-bond acceptors (Lipinski definition) is 2. The first-order valence-corrected chi connectivity index (χ1v) is 7.28. The maximum absolute atomic E-state index is 13.7. The van der Waals surface area contributed by atoms with Gasteiger partial charge in [-0.15, -0.1) is 0 Å². The minimum Gasteiger partial charge on any atom is -0.271 e. The summed E-state index contributed by atoms with van der Waals surface area (Å²) in [5.74, 6) is 5.40. The highest BCUT2D eigenvalue weighted by Gasteiger charge is 2.16. The van der Waals surface area contributed by atoms with Crippen molar-refractivity contribution in [2.75, 3.05) is 0 Å². The molecule has 0 saturated carbocycles. The van der Waals surface area contributed by atoms with Crippen LogP contribution < -0.4 is 11.3 Å². The van der Waals surface area contributed by atoms with Gasteiger partial charge in [0.15, 0.2) is 0 Å². The Hall–Kier alpha value is -0.750. The Balaban J connectivity index is 2.49. The molecule has 0 aromatic heterocycles. The summed E-state index contributed by atoms with van der Waals surface area (Å²) in [5.41, 5.74) is 5.08. The topological polar surface area (TPSA) is 38.0 Å². The van der Waals surface area contributed by atoms with E-state index in [2.05, 4.69) is 37.3 Å². The number of nitrogens with one attached hydrogen (secondary N) is 1. The van der Waals surface area contributed by atoms with Crippen molar-refractivity contribution in [1.29, 1.82) is 0 Å². The molecule has 1 atom stereocenters. The molecule has 5 heteroatoms. The molecule has 0 aliphatic heterocycles. The molecule has 0 bridgehead atoms. The standard InChI is InChI=1S/C14H13Br2FN2/c1-8-2-3-9(6-13(8)17)14(19-18)11-7-10(15)4-5-12(11)16/h2-7,14,19H,18H2,1H3. The summed E-state index contributed by atoms with van der Waals surface area (Å²) in [6, 6.07) is 10.7. The maximum atomic E-state index is 13.7. The van der Waals surface area contributed by atoms with Crippen molar-refractivity contribution in [2.45, 2.75) is 13.0 Å². The molecule has 0 heterocycles. The molecular weight excluding hydrogens is 375 g/mol. The van der Waals surface area contributed by atoms with Gasteiger partial charge in [0.25, 0.3) is 0 Å².